The molecule has 1 saturated carbocycles. The molecule has 0 radical (unpaired) electrons. The molecular weight excluding hydrogens is 421 g/mol. The average Bonchev–Trinajstić information content (AvgIpc) is 2.78. The van der Waals surface area contributed by atoms with E-state index in [4.69, 9.17) is 28.3 Å². The Hall–Kier alpha value is -2.21. The second-order valence-corrected chi connectivity index (χ2v) is 7.75. The van der Waals surface area contributed by atoms with Crippen LogP contribution in [0.1, 0.15) is 38.2 Å². The summed E-state index contributed by atoms with van der Waals surface area (Å²) in [4.78, 5) is 20.1. The Labute approximate surface area is 187 Å². The van der Waals surface area contributed by atoms with Crippen LogP contribution in [0.25, 0.3) is 12.2 Å². The highest BCUT2D eigenvalue weighted by Crippen LogP contribution is 2.25. The van der Waals surface area contributed by atoms with Crippen LogP contribution in [0.5, 0.6) is 0 Å². The van der Waals surface area contributed by atoms with Crippen molar-refractivity contribution in [3.8, 4) is 0 Å². The van der Waals surface area contributed by atoms with Gasteiger partial charge in [-0.2, -0.15) is 0 Å². The zero-order chi connectivity index (χ0) is 21.9. The second-order valence-electron chi connectivity index (χ2n) is 6.94. The molecule has 5 nitrogen and oxygen atoms in total. The summed E-state index contributed by atoms with van der Waals surface area (Å²) in [6.45, 7) is 1.96. The van der Waals surface area contributed by atoms with Crippen molar-refractivity contribution in [3.63, 3.8) is 0 Å². The molecule has 0 aliphatic heterocycles. The molecule has 2 aromatic rings. The molecule has 1 aliphatic carbocycles. The maximum atomic E-state index is 11.2. The van der Waals surface area contributed by atoms with E-state index < -0.39 is 0 Å². The van der Waals surface area contributed by atoms with E-state index in [9.17, 15) is 4.79 Å². The lowest BCUT2D eigenvalue weighted by Gasteiger charge is -2.27. The molecule has 2 N–H and O–H groups in total. The number of hydrogen-bond acceptors (Lipinski definition) is 5. The number of allylic oxidation sites excluding steroid dienone is 2. The van der Waals surface area contributed by atoms with Crippen molar-refractivity contribution < 1.29 is 9.90 Å². The van der Waals surface area contributed by atoms with Crippen molar-refractivity contribution in [1.29, 1.82) is 0 Å². The highest BCUT2D eigenvalue weighted by molar-refractivity contribution is 6.42. The van der Waals surface area contributed by atoms with E-state index in [2.05, 4.69) is 15.3 Å². The highest BCUT2D eigenvalue weighted by Gasteiger charge is 2.22. The van der Waals surface area contributed by atoms with Gasteiger partial charge in [0.1, 0.15) is 18.4 Å². The number of aliphatic hydroxyl groups excluding tert-OH is 1. The number of halogens is 2. The van der Waals surface area contributed by atoms with Crippen LogP contribution in [-0.4, -0.2) is 34.5 Å². The van der Waals surface area contributed by atoms with Gasteiger partial charge in [0.15, 0.2) is 0 Å². The molecule has 3 rings (SSSR count). The van der Waals surface area contributed by atoms with Gasteiger partial charge in [-0.15, -0.1) is 0 Å². The lowest BCUT2D eigenvalue weighted by atomic mass is 9.86. The summed E-state index contributed by atoms with van der Waals surface area (Å²) in [6, 6.07) is 5.73. The van der Waals surface area contributed by atoms with Crippen LogP contribution < -0.4 is 15.9 Å². The van der Waals surface area contributed by atoms with Crippen molar-refractivity contribution >= 4 is 47.5 Å². The van der Waals surface area contributed by atoms with Gasteiger partial charge in [0.2, 0.25) is 0 Å². The molecule has 0 spiro atoms. The first kappa shape index (κ1) is 24.1. The van der Waals surface area contributed by atoms with Crippen LogP contribution in [0.4, 0.5) is 5.82 Å². The molecule has 0 bridgehead atoms. The highest BCUT2D eigenvalue weighted by atomic mass is 35.5. The second kappa shape index (κ2) is 12.5. The number of nitrogens with one attached hydrogen (secondary N) is 1. The number of benzene rings is 1. The summed E-state index contributed by atoms with van der Waals surface area (Å²) < 4.78 is 0. The minimum absolute atomic E-state index is 0.115. The Balaban J connectivity index is 0.00000155. The largest absolute Gasteiger partial charge is 0.400 e. The number of aliphatic hydroxyl groups is 1. The summed E-state index contributed by atoms with van der Waals surface area (Å²) in [5.41, 5.74) is 0.914. The van der Waals surface area contributed by atoms with Gasteiger partial charge in [0.05, 0.1) is 15.4 Å². The molecule has 2 unspecified atom stereocenters. The molecule has 160 valence electrons. The summed E-state index contributed by atoms with van der Waals surface area (Å²) in [5, 5.41) is 13.2. The van der Waals surface area contributed by atoms with Crippen molar-refractivity contribution in [2.75, 3.05) is 12.4 Å². The Kier molecular flexibility index (Phi) is 10.0. The van der Waals surface area contributed by atoms with E-state index in [1.807, 2.05) is 43.4 Å². The number of carbonyl (C=O) groups is 1. The fourth-order valence-electron chi connectivity index (χ4n) is 3.43. The average molecular weight is 448 g/mol. The third kappa shape index (κ3) is 6.66. The summed E-state index contributed by atoms with van der Waals surface area (Å²) in [6.07, 6.45) is 14.3. The molecule has 1 heterocycles. The predicted molar refractivity (Wildman–Crippen MR) is 124 cm³/mol. The number of aromatic nitrogens is 2. The SMILES string of the molecule is CO.C\C=C/C=c1/ncnc(NC2CCCC(C=O)C2)/c1=C\c1ccc(Cl)c(Cl)c1. The monoisotopic (exact) mass is 447 g/mol. The maximum absolute atomic E-state index is 11.2. The van der Waals surface area contributed by atoms with E-state index >= 15 is 0 Å². The van der Waals surface area contributed by atoms with Gasteiger partial charge in [0.25, 0.3) is 0 Å². The van der Waals surface area contributed by atoms with Crippen molar-refractivity contribution in [3.05, 3.63) is 62.9 Å². The number of carbonyl (C=O) groups excluding carboxylic acids is 1. The fourth-order valence-corrected chi connectivity index (χ4v) is 3.74. The Morgan fingerprint density at radius 3 is 2.67 bits per heavy atom. The van der Waals surface area contributed by atoms with Gasteiger partial charge in [-0.3, -0.25) is 0 Å². The fraction of sp³-hybridized carbons (Fsp3) is 0.348. The predicted octanol–water partition coefficient (Wildman–Crippen LogP) is 3.75. The molecule has 1 aromatic heterocycles. The molecule has 1 aliphatic rings. The van der Waals surface area contributed by atoms with Crippen molar-refractivity contribution in [2.24, 2.45) is 5.92 Å². The first-order chi connectivity index (χ1) is 14.6. The number of rotatable bonds is 5. The van der Waals surface area contributed by atoms with Crippen LogP contribution in [0.15, 0.2) is 36.7 Å². The van der Waals surface area contributed by atoms with Crippen molar-refractivity contribution in [2.45, 2.75) is 38.6 Å². The zero-order valence-electron chi connectivity index (χ0n) is 17.2. The Morgan fingerprint density at radius 1 is 1.17 bits per heavy atom. The smallest absolute Gasteiger partial charge is 0.137 e. The molecule has 1 fully saturated rings. The molecular formula is C23H27Cl2N3O2. The molecule has 7 heteroatoms. The standard InChI is InChI=1S/C22H23Cl2N3O.CH4O/c1-2-3-7-21-18(11-15-8-9-19(23)20(24)12-15)22(26-14-25-21)27-17-6-4-5-16(10-17)13-28;1-2/h2-3,7-9,11-14,16-17H,4-6,10H2,1H3,(H,25,26,27);2H,1H3/b3-2-,18-11-,21-7+;. The summed E-state index contributed by atoms with van der Waals surface area (Å²) >= 11 is 12.2. The Morgan fingerprint density at radius 2 is 1.97 bits per heavy atom. The number of nitrogens with zero attached hydrogens (tertiary/aromatic N) is 2. The van der Waals surface area contributed by atoms with Crippen LogP contribution in [0, 0.1) is 5.92 Å². The number of hydrogen-bond donors (Lipinski definition) is 2. The minimum atomic E-state index is 0.115. The zero-order valence-corrected chi connectivity index (χ0v) is 18.7. The molecule has 2 atom stereocenters. The van der Waals surface area contributed by atoms with Crippen LogP contribution in [-0.2, 0) is 4.79 Å². The van der Waals surface area contributed by atoms with E-state index in [0.29, 0.717) is 10.0 Å². The van der Waals surface area contributed by atoms with Gasteiger partial charge in [-0.1, -0.05) is 47.8 Å². The number of aldehydes is 1. The molecule has 0 amide bonds. The van der Waals surface area contributed by atoms with Gasteiger partial charge in [-0.25, -0.2) is 9.97 Å². The van der Waals surface area contributed by atoms with Gasteiger partial charge < -0.3 is 15.2 Å². The van der Waals surface area contributed by atoms with E-state index in [1.54, 1.807) is 12.4 Å². The lowest BCUT2D eigenvalue weighted by molar-refractivity contribution is -0.111. The number of anilines is 1. The summed E-state index contributed by atoms with van der Waals surface area (Å²) in [7, 11) is 1.00. The Bertz CT molecular complexity index is 992. The summed E-state index contributed by atoms with van der Waals surface area (Å²) in [5.74, 6) is 0.873. The molecule has 30 heavy (non-hydrogen) atoms. The minimum Gasteiger partial charge on any atom is -0.400 e. The van der Waals surface area contributed by atoms with Gasteiger partial charge >= 0.3 is 0 Å². The van der Waals surface area contributed by atoms with E-state index in [-0.39, 0.29) is 12.0 Å². The first-order valence-corrected chi connectivity index (χ1v) is 10.6. The van der Waals surface area contributed by atoms with Crippen LogP contribution in [0.3, 0.4) is 0 Å². The molecule has 1 aromatic carbocycles. The maximum Gasteiger partial charge on any atom is 0.137 e. The lowest BCUT2D eigenvalue weighted by Crippen LogP contribution is -2.36. The van der Waals surface area contributed by atoms with Crippen LogP contribution in [0.2, 0.25) is 10.0 Å². The third-order valence-electron chi connectivity index (χ3n) is 4.86. The van der Waals surface area contributed by atoms with Gasteiger partial charge in [-0.05, 0) is 56.0 Å². The topological polar surface area (TPSA) is 75.1 Å². The van der Waals surface area contributed by atoms with E-state index in [1.165, 1.54) is 0 Å². The van der Waals surface area contributed by atoms with Crippen molar-refractivity contribution in [1.82, 2.24) is 9.97 Å². The molecule has 0 saturated heterocycles. The quantitative estimate of drug-likeness (QED) is 0.682. The third-order valence-corrected chi connectivity index (χ3v) is 5.60. The van der Waals surface area contributed by atoms with Crippen LogP contribution >= 0.6 is 23.2 Å². The van der Waals surface area contributed by atoms with Gasteiger partial charge in [0, 0.05) is 24.3 Å². The van der Waals surface area contributed by atoms with E-state index in [0.717, 1.165) is 61.0 Å². The first-order valence-electron chi connectivity index (χ1n) is 9.88. The normalized spacial score (nSPS) is 20.0.